The molecule has 0 spiro atoms. The maximum absolute atomic E-state index is 12.9. The van der Waals surface area contributed by atoms with Crippen LogP contribution in [0.2, 0.25) is 0 Å². The molecule has 0 heterocycles. The van der Waals surface area contributed by atoms with Crippen molar-refractivity contribution in [3.63, 3.8) is 0 Å². The second-order valence-electron chi connectivity index (χ2n) is 6.18. The smallest absolute Gasteiger partial charge is 0.340 e. The van der Waals surface area contributed by atoms with Crippen LogP contribution in [0.5, 0.6) is 0 Å². The number of rotatable bonds is 7. The molecule has 1 aromatic carbocycles. The highest BCUT2D eigenvalue weighted by molar-refractivity contribution is 5.97. The first-order valence-electron chi connectivity index (χ1n) is 8.21. The number of carboxylic acid groups (broad SMARTS) is 1. The molecule has 2 rings (SSSR count). The predicted molar refractivity (Wildman–Crippen MR) is 86.7 cm³/mol. The third-order valence-electron chi connectivity index (χ3n) is 4.16. The van der Waals surface area contributed by atoms with Gasteiger partial charge in [0.15, 0.2) is 6.61 Å². The van der Waals surface area contributed by atoms with Crippen molar-refractivity contribution >= 4 is 23.5 Å². The summed E-state index contributed by atoms with van der Waals surface area (Å²) >= 11 is 0. The number of anilines is 1. The quantitative estimate of drug-likeness (QED) is 0.428. The molecule has 0 radical (unpaired) electrons. The number of carboxylic acids is 1. The Hall–Kier alpha value is -2.91. The van der Waals surface area contributed by atoms with Crippen LogP contribution in [0.4, 0.5) is 23.2 Å². The minimum atomic E-state index is -4.48. The Labute approximate surface area is 157 Å². The zero-order chi connectivity index (χ0) is 20.9. The first-order chi connectivity index (χ1) is 13.1. The Kier molecular flexibility index (Phi) is 6.76. The van der Waals surface area contributed by atoms with Gasteiger partial charge in [-0.25, -0.2) is 8.78 Å². The molecule has 1 aliphatic carbocycles. The summed E-state index contributed by atoms with van der Waals surface area (Å²) in [6.45, 7) is -1.79. The van der Waals surface area contributed by atoms with E-state index in [2.05, 4.69) is 10.1 Å². The molecule has 1 amide bonds. The van der Waals surface area contributed by atoms with Crippen LogP contribution in [0.1, 0.15) is 23.2 Å². The predicted octanol–water partition coefficient (Wildman–Crippen LogP) is 2.01. The molecular weight excluding hydrogens is 386 g/mol. The fourth-order valence-electron chi connectivity index (χ4n) is 2.66. The normalized spacial score (nSPS) is 19.3. The molecule has 0 saturated carbocycles. The van der Waals surface area contributed by atoms with E-state index in [1.54, 1.807) is 12.2 Å². The number of esters is 1. The van der Waals surface area contributed by atoms with E-state index < -0.39 is 48.6 Å². The van der Waals surface area contributed by atoms with Crippen LogP contribution in [0.25, 0.3) is 0 Å². The lowest BCUT2D eigenvalue weighted by atomic mass is 9.82. The number of benzene rings is 1. The molecule has 1 aliphatic rings. The fraction of sp³-hybridized carbons (Fsp3) is 0.389. The SMILES string of the molecule is O=C([O-])c1cccc(NC(=O)C2CC=CCC2C(=O)OCC(F)(F)C(F)F)c1. The summed E-state index contributed by atoms with van der Waals surface area (Å²) < 4.78 is 54.6. The maximum atomic E-state index is 12.9. The highest BCUT2D eigenvalue weighted by atomic mass is 19.3. The molecule has 2 atom stereocenters. The first kappa shape index (κ1) is 21.4. The van der Waals surface area contributed by atoms with E-state index in [4.69, 9.17) is 0 Å². The Morgan fingerprint density at radius 2 is 1.82 bits per heavy atom. The van der Waals surface area contributed by atoms with Gasteiger partial charge in [-0.15, -0.1) is 0 Å². The second kappa shape index (κ2) is 8.85. The molecule has 152 valence electrons. The molecule has 0 bridgehead atoms. The molecule has 28 heavy (non-hydrogen) atoms. The minimum Gasteiger partial charge on any atom is -0.545 e. The molecule has 10 heteroatoms. The number of ether oxygens (including phenoxy) is 1. The summed E-state index contributed by atoms with van der Waals surface area (Å²) in [6.07, 6.45) is -0.716. The number of nitrogens with one attached hydrogen (secondary N) is 1. The number of carbonyl (C=O) groups excluding carboxylic acids is 3. The van der Waals surface area contributed by atoms with Gasteiger partial charge in [0, 0.05) is 5.69 Å². The number of amides is 1. The van der Waals surface area contributed by atoms with Gasteiger partial charge in [-0.2, -0.15) is 8.78 Å². The number of alkyl halides is 4. The fourth-order valence-corrected chi connectivity index (χ4v) is 2.66. The molecule has 1 N–H and O–H groups in total. The molecule has 0 aliphatic heterocycles. The van der Waals surface area contributed by atoms with Crippen LogP contribution in [0.3, 0.4) is 0 Å². The Morgan fingerprint density at radius 3 is 2.43 bits per heavy atom. The van der Waals surface area contributed by atoms with Gasteiger partial charge in [-0.3, -0.25) is 9.59 Å². The lowest BCUT2D eigenvalue weighted by Crippen LogP contribution is -2.39. The van der Waals surface area contributed by atoms with Gasteiger partial charge in [0.05, 0.1) is 17.8 Å². The van der Waals surface area contributed by atoms with Crippen LogP contribution in [-0.2, 0) is 14.3 Å². The van der Waals surface area contributed by atoms with E-state index in [0.29, 0.717) is 0 Å². The van der Waals surface area contributed by atoms with Crippen molar-refractivity contribution in [3.8, 4) is 0 Å². The van der Waals surface area contributed by atoms with Gasteiger partial charge in [0.1, 0.15) is 0 Å². The van der Waals surface area contributed by atoms with Crippen molar-refractivity contribution in [2.24, 2.45) is 11.8 Å². The summed E-state index contributed by atoms with van der Waals surface area (Å²) in [5, 5.41) is 13.3. The lowest BCUT2D eigenvalue weighted by molar-refractivity contribution is -0.255. The average Bonchev–Trinajstić information content (AvgIpc) is 2.66. The maximum Gasteiger partial charge on any atom is 0.340 e. The zero-order valence-corrected chi connectivity index (χ0v) is 14.4. The van der Waals surface area contributed by atoms with E-state index in [0.717, 1.165) is 6.07 Å². The van der Waals surface area contributed by atoms with Crippen molar-refractivity contribution in [3.05, 3.63) is 42.0 Å². The molecule has 6 nitrogen and oxygen atoms in total. The molecule has 0 aromatic heterocycles. The van der Waals surface area contributed by atoms with E-state index in [-0.39, 0.29) is 24.1 Å². The molecule has 0 fully saturated rings. The highest BCUT2D eigenvalue weighted by Crippen LogP contribution is 2.30. The molecule has 2 unspecified atom stereocenters. The number of hydrogen-bond donors (Lipinski definition) is 1. The zero-order valence-electron chi connectivity index (χ0n) is 14.4. The standard InChI is InChI=1S/C18H17F4NO5/c19-17(20)18(21,22)9-28-16(27)13-7-2-1-6-12(13)14(24)23-11-5-3-4-10(8-11)15(25)26/h1-5,8,12-13,17H,6-7,9H2,(H,23,24)(H,25,26)/p-1. The van der Waals surface area contributed by atoms with Gasteiger partial charge < -0.3 is 20.0 Å². The third-order valence-corrected chi connectivity index (χ3v) is 4.16. The van der Waals surface area contributed by atoms with E-state index in [1.165, 1.54) is 18.2 Å². The monoisotopic (exact) mass is 402 g/mol. The Balaban J connectivity index is 2.07. The number of carbonyl (C=O) groups is 3. The summed E-state index contributed by atoms with van der Waals surface area (Å²) in [6, 6.07) is 5.21. The highest BCUT2D eigenvalue weighted by Gasteiger charge is 2.43. The first-order valence-corrected chi connectivity index (χ1v) is 8.21. The van der Waals surface area contributed by atoms with Gasteiger partial charge >= 0.3 is 18.3 Å². The van der Waals surface area contributed by atoms with Crippen LogP contribution < -0.4 is 10.4 Å². The lowest BCUT2D eigenvalue weighted by Gasteiger charge is -2.26. The summed E-state index contributed by atoms with van der Waals surface area (Å²) in [5.74, 6) is -9.91. The molecule has 0 saturated heterocycles. The van der Waals surface area contributed by atoms with E-state index >= 15 is 0 Å². The van der Waals surface area contributed by atoms with Crippen molar-refractivity contribution in [2.75, 3.05) is 11.9 Å². The van der Waals surface area contributed by atoms with Crippen molar-refractivity contribution in [1.82, 2.24) is 0 Å². The number of halogens is 4. The van der Waals surface area contributed by atoms with Crippen LogP contribution >= 0.6 is 0 Å². The van der Waals surface area contributed by atoms with Crippen molar-refractivity contribution in [1.29, 1.82) is 0 Å². The van der Waals surface area contributed by atoms with E-state index in [1.807, 2.05) is 0 Å². The van der Waals surface area contributed by atoms with E-state index in [9.17, 15) is 37.1 Å². The number of aromatic carboxylic acids is 1. The van der Waals surface area contributed by atoms with Gasteiger partial charge in [0.25, 0.3) is 0 Å². The summed E-state index contributed by atoms with van der Waals surface area (Å²) in [5.41, 5.74) is -0.0378. The largest absolute Gasteiger partial charge is 0.545 e. The Morgan fingerprint density at radius 1 is 1.18 bits per heavy atom. The Bertz CT molecular complexity index is 781. The third kappa shape index (κ3) is 5.30. The number of hydrogen-bond acceptors (Lipinski definition) is 5. The molecule has 1 aromatic rings. The van der Waals surface area contributed by atoms with Crippen molar-refractivity contribution in [2.45, 2.75) is 25.2 Å². The molecular formula is C18H16F4NO5-. The second-order valence-corrected chi connectivity index (χ2v) is 6.18. The van der Waals surface area contributed by atoms with Crippen LogP contribution in [0, 0.1) is 11.8 Å². The van der Waals surface area contributed by atoms with Gasteiger partial charge in [-0.1, -0.05) is 24.3 Å². The van der Waals surface area contributed by atoms with Gasteiger partial charge in [0.2, 0.25) is 5.91 Å². The van der Waals surface area contributed by atoms with Gasteiger partial charge in [-0.05, 0) is 30.5 Å². The average molecular weight is 402 g/mol. The minimum absolute atomic E-state index is 0.0102. The number of allylic oxidation sites excluding steroid dienone is 2. The van der Waals surface area contributed by atoms with Crippen molar-refractivity contribution < 1.29 is 41.8 Å². The van der Waals surface area contributed by atoms with Crippen LogP contribution in [0.15, 0.2) is 36.4 Å². The summed E-state index contributed by atoms with van der Waals surface area (Å²) in [4.78, 5) is 35.4. The summed E-state index contributed by atoms with van der Waals surface area (Å²) in [7, 11) is 0. The van der Waals surface area contributed by atoms with Crippen LogP contribution in [-0.4, -0.2) is 36.8 Å². The topological polar surface area (TPSA) is 95.5 Å².